The SMILES string of the molecule is COc1ccc(CNC(=O)c2cccc(C)c2I)cc1OC(F)F. The molecule has 0 unspecified atom stereocenters. The van der Waals surface area contributed by atoms with E-state index in [1.54, 1.807) is 12.1 Å². The van der Waals surface area contributed by atoms with Gasteiger partial charge in [-0.3, -0.25) is 4.79 Å². The van der Waals surface area contributed by atoms with Crippen LogP contribution in [0.25, 0.3) is 0 Å². The zero-order valence-electron chi connectivity index (χ0n) is 13.1. The molecular formula is C17H16F2INO3. The van der Waals surface area contributed by atoms with Crippen molar-refractivity contribution in [3.05, 3.63) is 56.7 Å². The molecule has 2 rings (SSSR count). The van der Waals surface area contributed by atoms with Gasteiger partial charge in [-0.05, 0) is 58.8 Å². The normalized spacial score (nSPS) is 10.6. The van der Waals surface area contributed by atoms with Crippen LogP contribution in [0.5, 0.6) is 11.5 Å². The summed E-state index contributed by atoms with van der Waals surface area (Å²) >= 11 is 2.12. The molecule has 0 aromatic heterocycles. The van der Waals surface area contributed by atoms with Crippen LogP contribution in [0, 0.1) is 10.5 Å². The molecule has 0 aliphatic rings. The van der Waals surface area contributed by atoms with Gasteiger partial charge in [0.05, 0.1) is 12.7 Å². The molecule has 0 aliphatic heterocycles. The maximum Gasteiger partial charge on any atom is 0.387 e. The first-order chi connectivity index (χ1) is 11.4. The molecule has 0 fully saturated rings. The second-order valence-electron chi connectivity index (χ2n) is 4.98. The third-order valence-corrected chi connectivity index (χ3v) is 4.77. The van der Waals surface area contributed by atoms with Crippen molar-refractivity contribution < 1.29 is 23.0 Å². The molecule has 0 bridgehead atoms. The van der Waals surface area contributed by atoms with Crippen molar-refractivity contribution in [3.63, 3.8) is 0 Å². The summed E-state index contributed by atoms with van der Waals surface area (Å²) in [6.07, 6.45) is 0. The number of aryl methyl sites for hydroxylation is 1. The van der Waals surface area contributed by atoms with E-state index in [9.17, 15) is 13.6 Å². The number of carbonyl (C=O) groups is 1. The minimum absolute atomic E-state index is 0.0654. The smallest absolute Gasteiger partial charge is 0.387 e. The largest absolute Gasteiger partial charge is 0.493 e. The van der Waals surface area contributed by atoms with Crippen molar-refractivity contribution in [2.24, 2.45) is 0 Å². The molecule has 0 saturated heterocycles. The van der Waals surface area contributed by atoms with Crippen LogP contribution in [0.1, 0.15) is 21.5 Å². The van der Waals surface area contributed by atoms with Gasteiger partial charge in [-0.25, -0.2) is 0 Å². The van der Waals surface area contributed by atoms with E-state index in [0.29, 0.717) is 11.1 Å². The summed E-state index contributed by atoms with van der Waals surface area (Å²) in [5, 5.41) is 2.77. The van der Waals surface area contributed by atoms with Crippen LogP contribution in [-0.2, 0) is 6.54 Å². The number of benzene rings is 2. The molecule has 0 saturated carbocycles. The Morgan fingerprint density at radius 1 is 1.25 bits per heavy atom. The van der Waals surface area contributed by atoms with Crippen molar-refractivity contribution in [1.82, 2.24) is 5.32 Å². The Morgan fingerprint density at radius 2 is 2.00 bits per heavy atom. The van der Waals surface area contributed by atoms with Crippen LogP contribution in [0.2, 0.25) is 0 Å². The zero-order chi connectivity index (χ0) is 17.7. The van der Waals surface area contributed by atoms with E-state index in [4.69, 9.17) is 4.74 Å². The first kappa shape index (κ1) is 18.4. The Balaban J connectivity index is 2.11. The molecule has 24 heavy (non-hydrogen) atoms. The van der Waals surface area contributed by atoms with Gasteiger partial charge in [0.2, 0.25) is 0 Å². The average molecular weight is 447 g/mol. The number of alkyl halides is 2. The van der Waals surface area contributed by atoms with Crippen molar-refractivity contribution in [1.29, 1.82) is 0 Å². The molecule has 7 heteroatoms. The third kappa shape index (κ3) is 4.56. The number of carbonyl (C=O) groups excluding carboxylic acids is 1. The second-order valence-corrected chi connectivity index (χ2v) is 6.06. The highest BCUT2D eigenvalue weighted by molar-refractivity contribution is 14.1. The Morgan fingerprint density at radius 3 is 2.67 bits per heavy atom. The molecule has 0 spiro atoms. The molecule has 0 aliphatic carbocycles. The van der Waals surface area contributed by atoms with E-state index in [0.717, 1.165) is 9.13 Å². The molecule has 0 atom stereocenters. The lowest BCUT2D eigenvalue weighted by atomic mass is 10.1. The summed E-state index contributed by atoms with van der Waals surface area (Å²) in [5.41, 5.74) is 2.22. The molecule has 2 aromatic rings. The van der Waals surface area contributed by atoms with Crippen LogP contribution in [0.4, 0.5) is 8.78 Å². The van der Waals surface area contributed by atoms with Crippen molar-refractivity contribution >= 4 is 28.5 Å². The minimum Gasteiger partial charge on any atom is -0.493 e. The number of hydrogen-bond acceptors (Lipinski definition) is 3. The topological polar surface area (TPSA) is 47.6 Å². The zero-order valence-corrected chi connectivity index (χ0v) is 15.3. The van der Waals surface area contributed by atoms with E-state index in [1.807, 2.05) is 19.1 Å². The van der Waals surface area contributed by atoms with Crippen molar-refractivity contribution in [2.45, 2.75) is 20.1 Å². The summed E-state index contributed by atoms with van der Waals surface area (Å²) in [6, 6.07) is 10.1. The first-order valence-electron chi connectivity index (χ1n) is 7.07. The summed E-state index contributed by atoms with van der Waals surface area (Å²) in [4.78, 5) is 12.3. The molecule has 0 radical (unpaired) electrons. The Kier molecular flexibility index (Phi) is 6.36. The predicted molar refractivity (Wildman–Crippen MR) is 94.7 cm³/mol. The van der Waals surface area contributed by atoms with Gasteiger partial charge in [0.25, 0.3) is 5.91 Å². The van der Waals surface area contributed by atoms with Gasteiger partial charge >= 0.3 is 6.61 Å². The minimum atomic E-state index is -2.95. The highest BCUT2D eigenvalue weighted by Gasteiger charge is 2.13. The fourth-order valence-electron chi connectivity index (χ4n) is 2.12. The number of rotatable bonds is 6. The van der Waals surface area contributed by atoms with E-state index < -0.39 is 6.61 Å². The van der Waals surface area contributed by atoms with Crippen LogP contribution < -0.4 is 14.8 Å². The maximum absolute atomic E-state index is 12.4. The van der Waals surface area contributed by atoms with Crippen LogP contribution in [-0.4, -0.2) is 19.6 Å². The summed E-state index contributed by atoms with van der Waals surface area (Å²) < 4.78 is 35.2. The number of hydrogen-bond donors (Lipinski definition) is 1. The monoisotopic (exact) mass is 447 g/mol. The van der Waals surface area contributed by atoms with Crippen molar-refractivity contribution in [2.75, 3.05) is 7.11 Å². The Hall–Kier alpha value is -1.90. The maximum atomic E-state index is 12.4. The number of nitrogens with one attached hydrogen (secondary N) is 1. The van der Waals surface area contributed by atoms with E-state index in [2.05, 4.69) is 32.6 Å². The van der Waals surface area contributed by atoms with Gasteiger partial charge in [-0.15, -0.1) is 0 Å². The average Bonchev–Trinajstić information content (AvgIpc) is 2.55. The molecule has 4 nitrogen and oxygen atoms in total. The lowest BCUT2D eigenvalue weighted by Crippen LogP contribution is -2.24. The van der Waals surface area contributed by atoms with E-state index in [1.165, 1.54) is 19.2 Å². The molecule has 1 amide bonds. The van der Waals surface area contributed by atoms with Gasteiger partial charge in [0, 0.05) is 10.1 Å². The van der Waals surface area contributed by atoms with Crippen LogP contribution in [0.3, 0.4) is 0 Å². The van der Waals surface area contributed by atoms with Crippen LogP contribution >= 0.6 is 22.6 Å². The van der Waals surface area contributed by atoms with Gasteiger partial charge < -0.3 is 14.8 Å². The van der Waals surface area contributed by atoms with E-state index in [-0.39, 0.29) is 24.0 Å². The molecular weight excluding hydrogens is 431 g/mol. The third-order valence-electron chi connectivity index (χ3n) is 3.33. The lowest BCUT2D eigenvalue weighted by molar-refractivity contribution is -0.0512. The van der Waals surface area contributed by atoms with Gasteiger partial charge in [0.1, 0.15) is 0 Å². The Bertz CT molecular complexity index is 738. The number of ether oxygens (including phenoxy) is 2. The molecule has 0 heterocycles. The Labute approximate surface area is 152 Å². The second kappa shape index (κ2) is 8.27. The van der Waals surface area contributed by atoms with Crippen LogP contribution in [0.15, 0.2) is 36.4 Å². The highest BCUT2D eigenvalue weighted by atomic mass is 127. The molecule has 2 aromatic carbocycles. The molecule has 128 valence electrons. The molecule has 1 N–H and O–H groups in total. The number of amides is 1. The summed E-state index contributed by atoms with van der Waals surface area (Å²) in [6.45, 7) is -0.833. The van der Waals surface area contributed by atoms with E-state index >= 15 is 0 Å². The number of halogens is 3. The summed E-state index contributed by atoms with van der Waals surface area (Å²) in [5.74, 6) is -0.0850. The lowest BCUT2D eigenvalue weighted by Gasteiger charge is -2.12. The van der Waals surface area contributed by atoms with Gasteiger partial charge in [0.15, 0.2) is 11.5 Å². The van der Waals surface area contributed by atoms with Gasteiger partial charge in [-0.1, -0.05) is 18.2 Å². The van der Waals surface area contributed by atoms with Crippen molar-refractivity contribution in [3.8, 4) is 11.5 Å². The summed E-state index contributed by atoms with van der Waals surface area (Å²) in [7, 11) is 1.37. The number of methoxy groups -OCH3 is 1. The standard InChI is InChI=1S/C17H16F2INO3/c1-10-4-3-5-12(15(10)20)16(22)21-9-11-6-7-13(23-2)14(8-11)24-17(18)19/h3-8,17H,9H2,1-2H3,(H,21,22). The first-order valence-corrected chi connectivity index (χ1v) is 8.15. The fourth-order valence-corrected chi connectivity index (χ4v) is 2.72. The van der Waals surface area contributed by atoms with Gasteiger partial charge in [-0.2, -0.15) is 8.78 Å². The highest BCUT2D eigenvalue weighted by Crippen LogP contribution is 2.29. The fraction of sp³-hybridized carbons (Fsp3) is 0.235. The predicted octanol–water partition coefficient (Wildman–Crippen LogP) is 4.14. The quantitative estimate of drug-likeness (QED) is 0.678.